The minimum absolute atomic E-state index is 0.0494. The van der Waals surface area contributed by atoms with Gasteiger partial charge >= 0.3 is 0 Å². The zero-order valence-corrected chi connectivity index (χ0v) is 18.8. The smallest absolute Gasteiger partial charge is 0.239 e. The molecule has 31 heavy (non-hydrogen) atoms. The predicted octanol–water partition coefficient (Wildman–Crippen LogP) is 3.76. The van der Waals surface area contributed by atoms with Crippen LogP contribution in [0.15, 0.2) is 42.5 Å². The van der Waals surface area contributed by atoms with E-state index in [4.69, 9.17) is 9.47 Å². The SMILES string of the molecule is CC(C)CN(Cc1cc(O)c2c(c1)OCCCO2)C(=O)C(C)NCCc1ccccc1. The molecule has 0 fully saturated rings. The van der Waals surface area contributed by atoms with Gasteiger partial charge in [-0.1, -0.05) is 44.2 Å². The summed E-state index contributed by atoms with van der Waals surface area (Å²) in [5, 5.41) is 13.8. The van der Waals surface area contributed by atoms with Crippen molar-refractivity contribution in [2.75, 3.05) is 26.3 Å². The molecule has 1 unspecified atom stereocenters. The number of fused-ring (bicyclic) bond motifs is 1. The van der Waals surface area contributed by atoms with Gasteiger partial charge in [0.2, 0.25) is 11.7 Å². The molecule has 0 aromatic heterocycles. The first-order chi connectivity index (χ1) is 14.9. The van der Waals surface area contributed by atoms with Crippen LogP contribution in [0.3, 0.4) is 0 Å². The number of hydrogen-bond donors (Lipinski definition) is 2. The molecular formula is C25H34N2O4. The Morgan fingerprint density at radius 1 is 1.10 bits per heavy atom. The number of phenolic OH excluding ortho intramolecular Hbond substituents is 1. The standard InChI is InChI=1S/C25H34N2O4/c1-18(2)16-27(25(29)19(3)26-11-10-20-8-5-4-6-9-20)17-21-14-22(28)24-23(15-21)30-12-7-13-31-24/h4-6,8-9,14-15,18-19,26,28H,7,10-13,16-17H2,1-3H3. The minimum Gasteiger partial charge on any atom is -0.504 e. The van der Waals surface area contributed by atoms with Gasteiger partial charge in [0.05, 0.1) is 19.3 Å². The molecule has 0 bridgehead atoms. The highest BCUT2D eigenvalue weighted by Gasteiger charge is 2.23. The molecule has 0 saturated carbocycles. The van der Waals surface area contributed by atoms with Gasteiger partial charge in [-0.05, 0) is 49.1 Å². The summed E-state index contributed by atoms with van der Waals surface area (Å²) in [6.07, 6.45) is 1.65. The van der Waals surface area contributed by atoms with E-state index in [0.29, 0.717) is 43.7 Å². The Morgan fingerprint density at radius 2 is 1.84 bits per heavy atom. The van der Waals surface area contributed by atoms with Crippen molar-refractivity contribution in [3.8, 4) is 17.2 Å². The molecule has 0 aliphatic carbocycles. The lowest BCUT2D eigenvalue weighted by Crippen LogP contribution is -2.46. The molecule has 2 N–H and O–H groups in total. The van der Waals surface area contributed by atoms with Gasteiger partial charge in [-0.2, -0.15) is 0 Å². The summed E-state index contributed by atoms with van der Waals surface area (Å²) in [6, 6.07) is 13.5. The van der Waals surface area contributed by atoms with Crippen LogP contribution in [0.1, 0.15) is 38.3 Å². The number of carbonyl (C=O) groups is 1. The summed E-state index contributed by atoms with van der Waals surface area (Å²) >= 11 is 0. The van der Waals surface area contributed by atoms with Gasteiger partial charge in [-0.15, -0.1) is 0 Å². The number of phenols is 1. The summed E-state index contributed by atoms with van der Waals surface area (Å²) < 4.78 is 11.3. The third kappa shape index (κ3) is 6.62. The first-order valence-corrected chi connectivity index (χ1v) is 11.1. The van der Waals surface area contributed by atoms with Gasteiger partial charge in [0, 0.05) is 19.5 Å². The molecule has 0 radical (unpaired) electrons. The molecule has 1 heterocycles. The van der Waals surface area contributed by atoms with Gasteiger partial charge in [0.25, 0.3) is 0 Å². The van der Waals surface area contributed by atoms with Crippen LogP contribution < -0.4 is 14.8 Å². The summed E-state index contributed by atoms with van der Waals surface area (Å²) in [5.74, 6) is 1.36. The summed E-state index contributed by atoms with van der Waals surface area (Å²) in [7, 11) is 0. The van der Waals surface area contributed by atoms with Crippen molar-refractivity contribution < 1.29 is 19.4 Å². The maximum Gasteiger partial charge on any atom is 0.239 e. The average Bonchev–Trinajstić information content (AvgIpc) is 2.99. The molecular weight excluding hydrogens is 392 g/mol. The van der Waals surface area contributed by atoms with E-state index in [2.05, 4.69) is 31.3 Å². The van der Waals surface area contributed by atoms with Crippen molar-refractivity contribution in [1.29, 1.82) is 0 Å². The Kier molecular flexibility index (Phi) is 8.18. The Bertz CT molecular complexity index is 854. The van der Waals surface area contributed by atoms with Crippen molar-refractivity contribution in [2.24, 2.45) is 5.92 Å². The van der Waals surface area contributed by atoms with Crippen LogP contribution in [0.25, 0.3) is 0 Å². The fraction of sp³-hybridized carbons (Fsp3) is 0.480. The van der Waals surface area contributed by atoms with E-state index < -0.39 is 0 Å². The molecule has 0 saturated heterocycles. The van der Waals surface area contributed by atoms with Crippen LogP contribution in [0.4, 0.5) is 0 Å². The first kappa shape index (κ1) is 22.9. The Balaban J connectivity index is 1.65. The zero-order chi connectivity index (χ0) is 22.2. The molecule has 1 amide bonds. The molecule has 6 heteroatoms. The quantitative estimate of drug-likeness (QED) is 0.639. The van der Waals surface area contributed by atoms with Crippen LogP contribution in [0, 0.1) is 5.92 Å². The molecule has 0 spiro atoms. The van der Waals surface area contributed by atoms with Crippen molar-refractivity contribution in [2.45, 2.75) is 46.2 Å². The third-order valence-corrected chi connectivity index (χ3v) is 5.24. The second kappa shape index (κ2) is 11.0. The highest BCUT2D eigenvalue weighted by molar-refractivity contribution is 5.81. The van der Waals surface area contributed by atoms with Gasteiger partial charge in [0.15, 0.2) is 11.5 Å². The van der Waals surface area contributed by atoms with E-state index in [0.717, 1.165) is 24.9 Å². The largest absolute Gasteiger partial charge is 0.504 e. The maximum absolute atomic E-state index is 13.2. The molecule has 1 aliphatic rings. The molecule has 2 aromatic rings. The van der Waals surface area contributed by atoms with Crippen molar-refractivity contribution in [1.82, 2.24) is 10.2 Å². The number of nitrogens with zero attached hydrogens (tertiary/aromatic N) is 1. The van der Waals surface area contributed by atoms with Gasteiger partial charge in [0.1, 0.15) is 0 Å². The first-order valence-electron chi connectivity index (χ1n) is 11.1. The number of amides is 1. The van der Waals surface area contributed by atoms with E-state index in [1.54, 1.807) is 6.07 Å². The second-order valence-electron chi connectivity index (χ2n) is 8.52. The van der Waals surface area contributed by atoms with Crippen molar-refractivity contribution in [3.05, 3.63) is 53.6 Å². The number of carbonyl (C=O) groups excluding carboxylic acids is 1. The lowest BCUT2D eigenvalue weighted by atomic mass is 10.1. The van der Waals surface area contributed by atoms with E-state index in [-0.39, 0.29) is 17.7 Å². The predicted molar refractivity (Wildman–Crippen MR) is 122 cm³/mol. The van der Waals surface area contributed by atoms with E-state index in [9.17, 15) is 9.90 Å². The van der Waals surface area contributed by atoms with Gasteiger partial charge in [-0.25, -0.2) is 0 Å². The summed E-state index contributed by atoms with van der Waals surface area (Å²) in [5.41, 5.74) is 2.07. The van der Waals surface area contributed by atoms with Crippen LogP contribution in [-0.4, -0.2) is 48.3 Å². The van der Waals surface area contributed by atoms with Crippen LogP contribution in [0.2, 0.25) is 0 Å². The Hall–Kier alpha value is -2.73. The fourth-order valence-corrected chi connectivity index (χ4v) is 3.73. The van der Waals surface area contributed by atoms with Crippen LogP contribution >= 0.6 is 0 Å². The summed E-state index contributed by atoms with van der Waals surface area (Å²) in [6.45, 7) is 8.95. The number of rotatable bonds is 9. The maximum atomic E-state index is 13.2. The van der Waals surface area contributed by atoms with Crippen LogP contribution in [0.5, 0.6) is 17.2 Å². The number of hydrogen-bond acceptors (Lipinski definition) is 5. The average molecular weight is 427 g/mol. The fourth-order valence-electron chi connectivity index (χ4n) is 3.73. The molecule has 6 nitrogen and oxygen atoms in total. The van der Waals surface area contributed by atoms with Gasteiger partial charge < -0.3 is 24.8 Å². The monoisotopic (exact) mass is 426 g/mol. The number of nitrogens with one attached hydrogen (secondary N) is 1. The third-order valence-electron chi connectivity index (χ3n) is 5.24. The van der Waals surface area contributed by atoms with Gasteiger partial charge in [-0.3, -0.25) is 4.79 Å². The molecule has 1 atom stereocenters. The molecule has 2 aromatic carbocycles. The lowest BCUT2D eigenvalue weighted by Gasteiger charge is -2.28. The Labute approximate surface area is 185 Å². The number of ether oxygens (including phenoxy) is 2. The van der Waals surface area contributed by atoms with Crippen molar-refractivity contribution in [3.63, 3.8) is 0 Å². The number of aromatic hydroxyl groups is 1. The normalized spacial score (nSPS) is 14.2. The van der Waals surface area contributed by atoms with Crippen LogP contribution in [-0.2, 0) is 17.8 Å². The topological polar surface area (TPSA) is 71.0 Å². The zero-order valence-electron chi connectivity index (χ0n) is 18.8. The Morgan fingerprint density at radius 3 is 2.58 bits per heavy atom. The second-order valence-corrected chi connectivity index (χ2v) is 8.52. The highest BCUT2D eigenvalue weighted by atomic mass is 16.5. The molecule has 3 rings (SSSR count). The van der Waals surface area contributed by atoms with E-state index in [1.807, 2.05) is 36.1 Å². The summed E-state index contributed by atoms with van der Waals surface area (Å²) in [4.78, 5) is 15.0. The van der Waals surface area contributed by atoms with E-state index >= 15 is 0 Å². The van der Waals surface area contributed by atoms with E-state index in [1.165, 1.54) is 5.56 Å². The molecule has 168 valence electrons. The molecule has 1 aliphatic heterocycles. The lowest BCUT2D eigenvalue weighted by molar-refractivity contribution is -0.134. The van der Waals surface area contributed by atoms with Crippen molar-refractivity contribution >= 4 is 5.91 Å². The highest BCUT2D eigenvalue weighted by Crippen LogP contribution is 2.39. The number of benzene rings is 2. The minimum atomic E-state index is -0.295.